The lowest BCUT2D eigenvalue weighted by Crippen LogP contribution is -2.53. The second-order valence-corrected chi connectivity index (χ2v) is 6.83. The lowest BCUT2D eigenvalue weighted by Gasteiger charge is -2.38. The zero-order chi connectivity index (χ0) is 16.5. The lowest BCUT2D eigenvalue weighted by atomic mass is 10.1. The molecule has 2 heterocycles. The summed E-state index contributed by atoms with van der Waals surface area (Å²) in [6.07, 6.45) is 1.96. The number of morpholine rings is 1. The van der Waals surface area contributed by atoms with Gasteiger partial charge in [-0.25, -0.2) is 0 Å². The van der Waals surface area contributed by atoms with E-state index in [0.717, 1.165) is 30.8 Å². The monoisotopic (exact) mass is 332 g/mol. The van der Waals surface area contributed by atoms with Crippen LogP contribution in [0.1, 0.15) is 12.8 Å². The Morgan fingerprint density at radius 3 is 2.96 bits per heavy atom. The van der Waals surface area contributed by atoms with Crippen molar-refractivity contribution in [1.29, 1.82) is 0 Å². The lowest BCUT2D eigenvalue weighted by molar-refractivity contribution is -0.124. The number of nitrogens with zero attached hydrogens (tertiary/aromatic N) is 2. The summed E-state index contributed by atoms with van der Waals surface area (Å²) in [5, 5.41) is 9.43. The molecule has 1 saturated heterocycles. The molecule has 1 amide bonds. The van der Waals surface area contributed by atoms with Crippen LogP contribution in [-0.4, -0.2) is 67.5 Å². The molecule has 1 saturated carbocycles. The first-order chi connectivity index (χ1) is 11.8. The molecule has 1 N–H and O–H groups in total. The van der Waals surface area contributed by atoms with Gasteiger partial charge in [-0.1, -0.05) is 12.1 Å². The summed E-state index contributed by atoms with van der Waals surface area (Å²) in [4.78, 5) is 17.0. The van der Waals surface area contributed by atoms with Gasteiger partial charge >= 0.3 is 0 Å². The molecule has 130 valence electrons. The van der Waals surface area contributed by atoms with Crippen LogP contribution in [0.4, 0.5) is 5.69 Å². The Hall–Kier alpha value is -1.63. The van der Waals surface area contributed by atoms with Gasteiger partial charge < -0.3 is 19.5 Å². The van der Waals surface area contributed by atoms with Gasteiger partial charge in [-0.2, -0.15) is 0 Å². The van der Waals surface area contributed by atoms with Crippen molar-refractivity contribution in [3.05, 3.63) is 24.3 Å². The van der Waals surface area contributed by atoms with Gasteiger partial charge in [0.1, 0.15) is 12.4 Å². The maximum absolute atomic E-state index is 12.9. The SMILES string of the molecule is O=C(CN1CCO[C@H]2C[C@H](CO)C[C@@H]21)N1CCOc2ccccc21. The molecule has 0 unspecified atom stereocenters. The summed E-state index contributed by atoms with van der Waals surface area (Å²) in [5.41, 5.74) is 0.859. The standard InChI is InChI=1S/C18H24N2O4/c21-12-13-9-15-17(10-13)24-7-5-19(15)11-18(22)20-6-8-23-16-4-2-1-3-14(16)20/h1-4,13,15,17,21H,5-12H2/t13-,15+,17+/m1/s1. The first kappa shape index (κ1) is 15.9. The number of carbonyl (C=O) groups is 1. The number of carbonyl (C=O) groups excluding carboxylic acids is 1. The van der Waals surface area contributed by atoms with Crippen molar-refractivity contribution in [1.82, 2.24) is 4.90 Å². The molecule has 3 aliphatic rings. The van der Waals surface area contributed by atoms with Crippen molar-refractivity contribution in [2.45, 2.75) is 25.0 Å². The Morgan fingerprint density at radius 2 is 2.08 bits per heavy atom. The summed E-state index contributed by atoms with van der Waals surface area (Å²) in [6.45, 7) is 3.16. The Bertz CT molecular complexity index is 608. The van der Waals surface area contributed by atoms with Crippen LogP contribution in [0.3, 0.4) is 0 Å². The Balaban J connectivity index is 1.46. The molecule has 2 fully saturated rings. The van der Waals surface area contributed by atoms with Gasteiger partial charge in [0.2, 0.25) is 5.91 Å². The maximum atomic E-state index is 12.9. The molecule has 1 aromatic rings. The van der Waals surface area contributed by atoms with Crippen molar-refractivity contribution in [3.63, 3.8) is 0 Å². The van der Waals surface area contributed by atoms with E-state index < -0.39 is 0 Å². The van der Waals surface area contributed by atoms with Crippen LogP contribution in [-0.2, 0) is 9.53 Å². The van der Waals surface area contributed by atoms with E-state index >= 15 is 0 Å². The summed E-state index contributed by atoms with van der Waals surface area (Å²) < 4.78 is 11.5. The third-order valence-electron chi connectivity index (χ3n) is 5.38. The fraction of sp³-hybridized carbons (Fsp3) is 0.611. The number of benzene rings is 1. The van der Waals surface area contributed by atoms with Gasteiger partial charge in [0.25, 0.3) is 0 Å². The highest BCUT2D eigenvalue weighted by molar-refractivity contribution is 5.96. The summed E-state index contributed by atoms with van der Waals surface area (Å²) in [5.74, 6) is 1.18. The molecule has 0 bridgehead atoms. The first-order valence-electron chi connectivity index (χ1n) is 8.75. The number of aliphatic hydroxyl groups excluding tert-OH is 1. The summed E-state index contributed by atoms with van der Waals surface area (Å²) >= 11 is 0. The number of hydrogen-bond acceptors (Lipinski definition) is 5. The normalized spacial score (nSPS) is 29.7. The number of amides is 1. The Kier molecular flexibility index (Phi) is 4.43. The van der Waals surface area contributed by atoms with Crippen molar-refractivity contribution in [3.8, 4) is 5.75 Å². The molecule has 1 aromatic carbocycles. The minimum Gasteiger partial charge on any atom is -0.490 e. The van der Waals surface area contributed by atoms with E-state index in [2.05, 4.69) is 4.90 Å². The van der Waals surface area contributed by atoms with Crippen LogP contribution in [0, 0.1) is 5.92 Å². The zero-order valence-corrected chi connectivity index (χ0v) is 13.8. The number of fused-ring (bicyclic) bond motifs is 2. The molecule has 3 atom stereocenters. The van der Waals surface area contributed by atoms with E-state index in [4.69, 9.17) is 9.47 Å². The van der Waals surface area contributed by atoms with E-state index in [1.807, 2.05) is 29.2 Å². The molecule has 6 heteroatoms. The largest absolute Gasteiger partial charge is 0.490 e. The number of rotatable bonds is 3. The highest BCUT2D eigenvalue weighted by Gasteiger charge is 2.41. The van der Waals surface area contributed by atoms with E-state index in [1.54, 1.807) is 0 Å². The van der Waals surface area contributed by atoms with E-state index in [9.17, 15) is 9.90 Å². The van der Waals surface area contributed by atoms with Crippen LogP contribution >= 0.6 is 0 Å². The van der Waals surface area contributed by atoms with E-state index in [-0.39, 0.29) is 24.7 Å². The fourth-order valence-corrected chi connectivity index (χ4v) is 4.16. The molecule has 2 aliphatic heterocycles. The average molecular weight is 332 g/mol. The molecular formula is C18H24N2O4. The van der Waals surface area contributed by atoms with Gasteiger partial charge in [-0.05, 0) is 30.9 Å². The van der Waals surface area contributed by atoms with Crippen LogP contribution < -0.4 is 9.64 Å². The summed E-state index contributed by atoms with van der Waals surface area (Å²) in [6, 6.07) is 7.94. The smallest absolute Gasteiger partial charge is 0.241 e. The second kappa shape index (κ2) is 6.70. The second-order valence-electron chi connectivity index (χ2n) is 6.83. The molecule has 0 spiro atoms. The molecule has 4 rings (SSSR count). The van der Waals surface area contributed by atoms with E-state index in [0.29, 0.717) is 32.2 Å². The van der Waals surface area contributed by atoms with Gasteiger partial charge in [0.15, 0.2) is 0 Å². The minimum atomic E-state index is 0.110. The van der Waals surface area contributed by atoms with Crippen LogP contribution in [0.5, 0.6) is 5.75 Å². The molecule has 0 aromatic heterocycles. The average Bonchev–Trinajstić information content (AvgIpc) is 3.05. The highest BCUT2D eigenvalue weighted by atomic mass is 16.5. The van der Waals surface area contributed by atoms with E-state index in [1.165, 1.54) is 0 Å². The molecule has 1 aliphatic carbocycles. The van der Waals surface area contributed by atoms with Crippen LogP contribution in [0.2, 0.25) is 0 Å². The van der Waals surface area contributed by atoms with Gasteiger partial charge in [-0.15, -0.1) is 0 Å². The van der Waals surface area contributed by atoms with Crippen molar-refractivity contribution in [2.75, 3.05) is 44.4 Å². The molecule has 0 radical (unpaired) electrons. The van der Waals surface area contributed by atoms with Crippen molar-refractivity contribution < 1.29 is 19.4 Å². The van der Waals surface area contributed by atoms with Gasteiger partial charge in [0, 0.05) is 19.2 Å². The van der Waals surface area contributed by atoms with Crippen molar-refractivity contribution in [2.24, 2.45) is 5.92 Å². The van der Waals surface area contributed by atoms with Gasteiger partial charge in [-0.3, -0.25) is 9.69 Å². The predicted molar refractivity (Wildman–Crippen MR) is 89.2 cm³/mol. The zero-order valence-electron chi connectivity index (χ0n) is 13.8. The predicted octanol–water partition coefficient (Wildman–Crippen LogP) is 0.884. The quantitative estimate of drug-likeness (QED) is 0.890. The minimum absolute atomic E-state index is 0.110. The highest BCUT2D eigenvalue weighted by Crippen LogP contribution is 2.35. The van der Waals surface area contributed by atoms with Gasteiger partial charge in [0.05, 0.1) is 31.5 Å². The molecular weight excluding hydrogens is 308 g/mol. The topological polar surface area (TPSA) is 62.2 Å². The maximum Gasteiger partial charge on any atom is 0.241 e. The first-order valence-corrected chi connectivity index (χ1v) is 8.75. The summed E-state index contributed by atoms with van der Waals surface area (Å²) in [7, 11) is 0. The number of anilines is 1. The number of hydrogen-bond donors (Lipinski definition) is 1. The van der Waals surface area contributed by atoms with Crippen LogP contribution in [0.15, 0.2) is 24.3 Å². The third-order valence-corrected chi connectivity index (χ3v) is 5.38. The fourth-order valence-electron chi connectivity index (χ4n) is 4.16. The van der Waals surface area contributed by atoms with Crippen LogP contribution in [0.25, 0.3) is 0 Å². The molecule has 6 nitrogen and oxygen atoms in total. The Morgan fingerprint density at radius 1 is 1.21 bits per heavy atom. The Labute approximate surface area is 141 Å². The molecule has 24 heavy (non-hydrogen) atoms. The third kappa shape index (κ3) is 2.90. The number of para-hydroxylation sites is 2. The number of aliphatic hydroxyl groups is 1. The number of ether oxygens (including phenoxy) is 2. The van der Waals surface area contributed by atoms with Crippen molar-refractivity contribution >= 4 is 11.6 Å².